The number of amides is 1. The summed E-state index contributed by atoms with van der Waals surface area (Å²) in [5.74, 6) is -1.55. The van der Waals surface area contributed by atoms with Gasteiger partial charge < -0.3 is 10.4 Å². The fraction of sp³-hybridized carbons (Fsp3) is 0.385. The minimum Gasteiger partial charge on any atom is -0.478 e. The number of carboxylic acid groups (broad SMARTS) is 1. The van der Waals surface area contributed by atoms with E-state index >= 15 is 0 Å². The highest BCUT2D eigenvalue weighted by Gasteiger charge is 2.39. The maximum absolute atomic E-state index is 12.6. The highest BCUT2D eigenvalue weighted by atomic mass is 32.2. The number of benzene rings is 1. The lowest BCUT2D eigenvalue weighted by atomic mass is 10.2. The van der Waals surface area contributed by atoms with Crippen molar-refractivity contribution in [2.45, 2.75) is 23.8 Å². The van der Waals surface area contributed by atoms with Gasteiger partial charge in [0.05, 0.1) is 10.5 Å². The van der Waals surface area contributed by atoms with E-state index < -0.39 is 22.0 Å². The summed E-state index contributed by atoms with van der Waals surface area (Å²) in [7, 11) is -2.43. The lowest BCUT2D eigenvalue weighted by Gasteiger charge is -2.22. The van der Waals surface area contributed by atoms with Gasteiger partial charge >= 0.3 is 5.97 Å². The third-order valence-corrected chi connectivity index (χ3v) is 5.34. The number of nitrogens with zero attached hydrogens (tertiary/aromatic N) is 1. The Bertz CT molecular complexity index is 671. The number of carboxylic acids is 1. The van der Waals surface area contributed by atoms with Crippen molar-refractivity contribution in [1.82, 2.24) is 9.62 Å². The molecule has 1 aliphatic rings. The van der Waals surface area contributed by atoms with Crippen LogP contribution in [-0.2, 0) is 14.8 Å². The summed E-state index contributed by atoms with van der Waals surface area (Å²) in [6.07, 6.45) is 1.05. The van der Waals surface area contributed by atoms with Crippen LogP contribution in [0.5, 0.6) is 0 Å². The molecule has 0 radical (unpaired) electrons. The van der Waals surface area contributed by atoms with Gasteiger partial charge in [-0.1, -0.05) is 6.07 Å². The molecule has 0 aromatic heterocycles. The van der Waals surface area contributed by atoms with Gasteiger partial charge in [0, 0.05) is 13.6 Å². The highest BCUT2D eigenvalue weighted by molar-refractivity contribution is 7.89. The van der Waals surface area contributed by atoms with Gasteiger partial charge in [-0.25, -0.2) is 13.2 Å². The summed E-state index contributed by atoms with van der Waals surface area (Å²) in [5, 5.41) is 11.4. The number of rotatable bonds is 4. The van der Waals surface area contributed by atoms with Crippen LogP contribution in [0, 0.1) is 0 Å². The Hall–Kier alpha value is -1.93. The van der Waals surface area contributed by atoms with E-state index in [4.69, 9.17) is 5.11 Å². The summed E-state index contributed by atoms with van der Waals surface area (Å²) in [4.78, 5) is 22.6. The first-order chi connectivity index (χ1) is 9.87. The minimum atomic E-state index is -3.89. The Morgan fingerprint density at radius 2 is 2.10 bits per heavy atom. The number of carbonyl (C=O) groups is 2. The molecule has 0 aliphatic carbocycles. The predicted molar refractivity (Wildman–Crippen MR) is 74.4 cm³/mol. The van der Waals surface area contributed by atoms with Gasteiger partial charge in [0.25, 0.3) is 0 Å². The van der Waals surface area contributed by atoms with Crippen molar-refractivity contribution in [3.05, 3.63) is 29.8 Å². The van der Waals surface area contributed by atoms with Crippen LogP contribution < -0.4 is 5.32 Å². The van der Waals surface area contributed by atoms with Crippen molar-refractivity contribution in [2.24, 2.45) is 0 Å². The normalized spacial score (nSPS) is 19.4. The smallest absolute Gasteiger partial charge is 0.335 e. The van der Waals surface area contributed by atoms with Gasteiger partial charge in [-0.05, 0) is 31.0 Å². The first kappa shape index (κ1) is 15.5. The summed E-state index contributed by atoms with van der Waals surface area (Å²) < 4.78 is 26.3. The molecule has 7 nitrogen and oxygen atoms in total. The van der Waals surface area contributed by atoms with Gasteiger partial charge in [-0.15, -0.1) is 0 Å². The maximum atomic E-state index is 12.6. The fourth-order valence-electron chi connectivity index (χ4n) is 2.38. The molecule has 1 aromatic rings. The molecule has 1 fully saturated rings. The van der Waals surface area contributed by atoms with Crippen molar-refractivity contribution in [2.75, 3.05) is 13.6 Å². The third kappa shape index (κ3) is 2.91. The number of hydrogen-bond acceptors (Lipinski definition) is 4. The fourth-order valence-corrected chi connectivity index (χ4v) is 4.08. The summed E-state index contributed by atoms with van der Waals surface area (Å²) >= 11 is 0. The van der Waals surface area contributed by atoms with Crippen LogP contribution in [0.4, 0.5) is 0 Å². The molecular weight excluding hydrogens is 296 g/mol. The van der Waals surface area contributed by atoms with Gasteiger partial charge in [0.15, 0.2) is 0 Å². The standard InChI is InChI=1S/C13H16N2O5S/c1-14-12(16)11-6-3-7-15(11)21(19,20)10-5-2-4-9(8-10)13(17)18/h2,4-5,8,11H,3,6-7H2,1H3,(H,14,16)(H,17,18)/t11-/m0/s1. The lowest BCUT2D eigenvalue weighted by molar-refractivity contribution is -0.123. The molecule has 1 aliphatic heterocycles. The molecule has 114 valence electrons. The SMILES string of the molecule is CNC(=O)[C@@H]1CCCN1S(=O)(=O)c1cccc(C(=O)O)c1. The summed E-state index contributed by atoms with van der Waals surface area (Å²) in [6, 6.07) is 4.40. The van der Waals surface area contributed by atoms with Crippen molar-refractivity contribution >= 4 is 21.9 Å². The molecule has 1 aromatic carbocycles. The number of carbonyl (C=O) groups excluding carboxylic acids is 1. The third-order valence-electron chi connectivity index (χ3n) is 3.44. The second kappa shape index (κ2) is 5.82. The Balaban J connectivity index is 2.40. The van der Waals surface area contributed by atoms with Gasteiger partial charge in [-0.3, -0.25) is 4.79 Å². The first-order valence-electron chi connectivity index (χ1n) is 6.44. The molecule has 8 heteroatoms. The molecule has 1 atom stereocenters. The molecule has 0 bridgehead atoms. The van der Waals surface area contributed by atoms with E-state index in [1.54, 1.807) is 0 Å². The zero-order valence-corrected chi connectivity index (χ0v) is 12.3. The van der Waals surface area contributed by atoms with Crippen LogP contribution in [0.15, 0.2) is 29.2 Å². The number of aromatic carboxylic acids is 1. The zero-order chi connectivity index (χ0) is 15.6. The second-order valence-electron chi connectivity index (χ2n) is 4.72. The van der Waals surface area contributed by atoms with E-state index in [1.807, 2.05) is 0 Å². The molecule has 1 amide bonds. The largest absolute Gasteiger partial charge is 0.478 e. The van der Waals surface area contributed by atoms with Crippen molar-refractivity contribution in [3.8, 4) is 0 Å². The van der Waals surface area contributed by atoms with E-state index in [0.29, 0.717) is 12.8 Å². The Kier molecular flexibility index (Phi) is 4.29. The molecule has 0 unspecified atom stereocenters. The topological polar surface area (TPSA) is 104 Å². The van der Waals surface area contributed by atoms with E-state index in [2.05, 4.69) is 5.32 Å². The van der Waals surface area contributed by atoms with E-state index in [-0.39, 0.29) is 22.9 Å². The van der Waals surface area contributed by atoms with Crippen LogP contribution in [0.3, 0.4) is 0 Å². The lowest BCUT2D eigenvalue weighted by Crippen LogP contribution is -2.44. The van der Waals surface area contributed by atoms with Crippen LogP contribution in [0.25, 0.3) is 0 Å². The molecule has 2 rings (SSSR count). The van der Waals surface area contributed by atoms with E-state index in [1.165, 1.54) is 25.2 Å². The first-order valence-corrected chi connectivity index (χ1v) is 7.88. The zero-order valence-electron chi connectivity index (χ0n) is 11.4. The highest BCUT2D eigenvalue weighted by Crippen LogP contribution is 2.26. The Morgan fingerprint density at radius 3 is 2.71 bits per heavy atom. The molecule has 0 spiro atoms. The maximum Gasteiger partial charge on any atom is 0.335 e. The summed E-state index contributed by atoms with van der Waals surface area (Å²) in [6.45, 7) is 0.248. The molecular formula is C13H16N2O5S. The van der Waals surface area contributed by atoms with Crippen molar-refractivity contribution in [1.29, 1.82) is 0 Å². The number of nitrogens with one attached hydrogen (secondary N) is 1. The summed E-state index contributed by atoms with van der Waals surface area (Å²) in [5.41, 5.74) is -0.105. The molecule has 21 heavy (non-hydrogen) atoms. The second-order valence-corrected chi connectivity index (χ2v) is 6.61. The predicted octanol–water partition coefficient (Wildman–Crippen LogP) is 0.284. The molecule has 0 saturated carbocycles. The number of likely N-dealkylation sites (N-methyl/N-ethyl adjacent to an activating group) is 1. The van der Waals surface area contributed by atoms with Crippen LogP contribution in [0.1, 0.15) is 23.2 Å². The van der Waals surface area contributed by atoms with Crippen LogP contribution in [0.2, 0.25) is 0 Å². The Morgan fingerprint density at radius 1 is 1.38 bits per heavy atom. The van der Waals surface area contributed by atoms with E-state index in [9.17, 15) is 18.0 Å². The average Bonchev–Trinajstić information content (AvgIpc) is 2.96. The molecule has 2 N–H and O–H groups in total. The van der Waals surface area contributed by atoms with Gasteiger partial charge in [0.1, 0.15) is 6.04 Å². The average molecular weight is 312 g/mol. The van der Waals surface area contributed by atoms with Crippen molar-refractivity contribution < 1.29 is 23.1 Å². The molecule has 1 saturated heterocycles. The quantitative estimate of drug-likeness (QED) is 0.831. The van der Waals surface area contributed by atoms with E-state index in [0.717, 1.165) is 10.4 Å². The van der Waals surface area contributed by atoms with Gasteiger partial charge in [-0.2, -0.15) is 4.31 Å². The van der Waals surface area contributed by atoms with Crippen LogP contribution in [-0.4, -0.2) is 49.3 Å². The Labute approximate surface area is 122 Å². The van der Waals surface area contributed by atoms with Gasteiger partial charge in [0.2, 0.25) is 15.9 Å². The number of hydrogen-bond donors (Lipinski definition) is 2. The molecule has 1 heterocycles. The monoisotopic (exact) mass is 312 g/mol. The van der Waals surface area contributed by atoms with Crippen molar-refractivity contribution in [3.63, 3.8) is 0 Å². The van der Waals surface area contributed by atoms with Crippen LogP contribution >= 0.6 is 0 Å². The minimum absolute atomic E-state index is 0.105. The number of sulfonamides is 1.